The van der Waals surface area contributed by atoms with E-state index in [0.717, 1.165) is 0 Å². The number of aromatic nitrogens is 2. The van der Waals surface area contributed by atoms with Crippen molar-refractivity contribution in [3.8, 4) is 0 Å². The van der Waals surface area contributed by atoms with E-state index in [1.165, 1.54) is 17.2 Å². The maximum atomic E-state index is 12.9. The highest BCUT2D eigenvalue weighted by Crippen LogP contribution is 2.37. The molecule has 2 N–H and O–H groups in total. The molecule has 5 rings (SSSR count). The number of aromatic carboxylic acids is 1. The molecular formula is C21H16N4O5. The number of pyridine rings is 1. The Morgan fingerprint density at radius 3 is 2.60 bits per heavy atom. The molecule has 30 heavy (non-hydrogen) atoms. The number of ketones is 1. The third-order valence-electron chi connectivity index (χ3n) is 5.65. The highest BCUT2D eigenvalue weighted by Gasteiger charge is 2.45. The van der Waals surface area contributed by atoms with Gasteiger partial charge in [0.2, 0.25) is 0 Å². The number of aromatic amines is 1. The van der Waals surface area contributed by atoms with Gasteiger partial charge in [-0.1, -0.05) is 18.2 Å². The van der Waals surface area contributed by atoms with Crippen LogP contribution in [0.15, 0.2) is 42.6 Å². The van der Waals surface area contributed by atoms with Crippen LogP contribution in [0.1, 0.15) is 42.8 Å². The number of carbonyl (C=O) groups excluding carboxylic acids is 3. The first-order valence-corrected chi connectivity index (χ1v) is 9.41. The van der Waals surface area contributed by atoms with E-state index in [9.17, 15) is 24.3 Å². The molecule has 0 saturated carbocycles. The topological polar surface area (TPSA) is 124 Å². The van der Waals surface area contributed by atoms with Gasteiger partial charge in [0, 0.05) is 31.4 Å². The summed E-state index contributed by atoms with van der Waals surface area (Å²) in [5.41, 5.74) is 1.37. The summed E-state index contributed by atoms with van der Waals surface area (Å²) in [6, 6.07) is 9.58. The Hall–Kier alpha value is -4.01. The Bertz CT molecular complexity index is 1230. The molecule has 2 aliphatic rings. The largest absolute Gasteiger partial charge is 0.478 e. The third kappa shape index (κ3) is 2.52. The lowest BCUT2D eigenvalue weighted by atomic mass is 9.94. The summed E-state index contributed by atoms with van der Waals surface area (Å²) < 4.78 is 0. The average molecular weight is 404 g/mol. The number of carboxylic acids is 1. The normalized spacial score (nSPS) is 18.3. The Balaban J connectivity index is 1.60. The summed E-state index contributed by atoms with van der Waals surface area (Å²) in [6.07, 6.45) is 1.30. The maximum Gasteiger partial charge on any atom is 0.337 e. The minimum absolute atomic E-state index is 0.0331. The van der Waals surface area contributed by atoms with Crippen LogP contribution in [0.2, 0.25) is 0 Å². The number of nitrogens with zero attached hydrogens (tertiary/aromatic N) is 3. The van der Waals surface area contributed by atoms with Crippen molar-refractivity contribution in [1.82, 2.24) is 19.8 Å². The molecule has 0 bridgehead atoms. The quantitative estimate of drug-likeness (QED) is 0.624. The van der Waals surface area contributed by atoms with Gasteiger partial charge in [-0.05, 0) is 18.2 Å². The van der Waals surface area contributed by atoms with Gasteiger partial charge in [-0.2, -0.15) is 0 Å². The Morgan fingerprint density at radius 1 is 1.10 bits per heavy atom. The summed E-state index contributed by atoms with van der Waals surface area (Å²) in [5, 5.41) is 9.47. The van der Waals surface area contributed by atoms with Crippen molar-refractivity contribution >= 4 is 34.6 Å². The van der Waals surface area contributed by atoms with Gasteiger partial charge in [0.05, 0.1) is 28.4 Å². The maximum absolute atomic E-state index is 12.9. The van der Waals surface area contributed by atoms with Crippen LogP contribution in [0.3, 0.4) is 0 Å². The van der Waals surface area contributed by atoms with Crippen LogP contribution in [0.4, 0.5) is 0 Å². The number of carboxylic acid groups (broad SMARTS) is 1. The van der Waals surface area contributed by atoms with E-state index < -0.39 is 23.7 Å². The molecule has 3 aromatic rings. The van der Waals surface area contributed by atoms with Gasteiger partial charge in [0.15, 0.2) is 0 Å². The number of hydrogen-bond acceptors (Lipinski definition) is 5. The van der Waals surface area contributed by atoms with Crippen LogP contribution in [-0.2, 0) is 4.79 Å². The molecule has 150 valence electrons. The molecule has 9 nitrogen and oxygen atoms in total. The summed E-state index contributed by atoms with van der Waals surface area (Å²) >= 11 is 0. The molecule has 0 unspecified atom stereocenters. The van der Waals surface area contributed by atoms with Crippen LogP contribution in [0.5, 0.6) is 0 Å². The smallest absolute Gasteiger partial charge is 0.337 e. The van der Waals surface area contributed by atoms with Crippen molar-refractivity contribution < 1.29 is 24.3 Å². The van der Waals surface area contributed by atoms with Crippen LogP contribution in [-0.4, -0.2) is 68.1 Å². The second kappa shape index (κ2) is 6.51. The Morgan fingerprint density at radius 2 is 1.87 bits per heavy atom. The first-order chi connectivity index (χ1) is 14.5. The van der Waals surface area contributed by atoms with Crippen LogP contribution >= 0.6 is 0 Å². The molecular weight excluding hydrogens is 388 g/mol. The molecule has 0 spiro atoms. The van der Waals surface area contributed by atoms with E-state index in [1.807, 2.05) is 6.07 Å². The molecule has 1 atom stereocenters. The molecule has 0 radical (unpaired) electrons. The summed E-state index contributed by atoms with van der Waals surface area (Å²) in [5.74, 6) is -2.71. The number of amides is 2. The monoisotopic (exact) mass is 404 g/mol. The van der Waals surface area contributed by atoms with Crippen molar-refractivity contribution in [3.05, 3.63) is 65.0 Å². The zero-order chi connectivity index (χ0) is 21.0. The minimum atomic E-state index is -1.17. The molecule has 2 aromatic heterocycles. The standard InChI is InChI=1S/C21H16N4O5/c26-18-14-16(23-15-12(21(29)30)6-7-22-17(14)15)13-10-24(8-9-25(13)20(18)28)19(27)11-4-2-1-3-5-11/h1-7,13,23H,8-10H2,(H,29,30)/t13-/m0/s1. The van der Waals surface area contributed by atoms with Gasteiger partial charge in [0.1, 0.15) is 5.52 Å². The lowest BCUT2D eigenvalue weighted by Crippen LogP contribution is -2.56. The number of benzene rings is 1. The fourth-order valence-corrected chi connectivity index (χ4v) is 4.22. The molecule has 2 amide bonds. The molecule has 2 aliphatic heterocycles. The first kappa shape index (κ1) is 18.0. The van der Waals surface area contributed by atoms with Crippen molar-refractivity contribution in [3.63, 3.8) is 0 Å². The highest BCUT2D eigenvalue weighted by molar-refractivity contribution is 6.46. The summed E-state index contributed by atoms with van der Waals surface area (Å²) in [6.45, 7) is 0.703. The minimum Gasteiger partial charge on any atom is -0.478 e. The number of hydrogen-bond donors (Lipinski definition) is 2. The molecule has 1 saturated heterocycles. The number of rotatable bonds is 2. The number of nitrogens with one attached hydrogen (secondary N) is 1. The SMILES string of the molecule is O=C1C(=O)N2CCN(C(=O)c3ccccc3)C[C@H]2c2[nH]c3c(C(=O)O)ccnc3c21. The number of H-pyrrole nitrogens is 1. The third-order valence-corrected chi connectivity index (χ3v) is 5.65. The van der Waals surface area contributed by atoms with Crippen molar-refractivity contribution in [1.29, 1.82) is 0 Å². The molecule has 1 fully saturated rings. The molecule has 4 heterocycles. The van der Waals surface area contributed by atoms with E-state index in [1.54, 1.807) is 29.2 Å². The fourth-order valence-electron chi connectivity index (χ4n) is 4.22. The Kier molecular flexibility index (Phi) is 3.92. The number of piperazine rings is 1. The van der Waals surface area contributed by atoms with Crippen LogP contribution in [0, 0.1) is 0 Å². The average Bonchev–Trinajstić information content (AvgIpc) is 3.17. The van der Waals surface area contributed by atoms with Gasteiger partial charge in [-0.15, -0.1) is 0 Å². The fraction of sp³-hybridized carbons (Fsp3) is 0.190. The molecule has 1 aromatic carbocycles. The van der Waals surface area contributed by atoms with E-state index in [-0.39, 0.29) is 41.2 Å². The molecule has 0 aliphatic carbocycles. The number of Topliss-reactive ketones (excluding diaryl/α,β-unsaturated/α-hetero) is 1. The van der Waals surface area contributed by atoms with E-state index >= 15 is 0 Å². The van der Waals surface area contributed by atoms with Crippen LogP contribution in [0.25, 0.3) is 11.0 Å². The summed E-state index contributed by atoms with van der Waals surface area (Å²) in [7, 11) is 0. The number of fused-ring (bicyclic) bond motifs is 5. The first-order valence-electron chi connectivity index (χ1n) is 9.41. The van der Waals surface area contributed by atoms with E-state index in [4.69, 9.17) is 0 Å². The van der Waals surface area contributed by atoms with Gasteiger partial charge < -0.3 is 19.9 Å². The molecule has 9 heteroatoms. The van der Waals surface area contributed by atoms with Gasteiger partial charge in [-0.3, -0.25) is 19.4 Å². The van der Waals surface area contributed by atoms with E-state index in [0.29, 0.717) is 17.8 Å². The number of carbonyl (C=O) groups is 4. The highest BCUT2D eigenvalue weighted by atomic mass is 16.4. The second-order valence-corrected chi connectivity index (χ2v) is 7.26. The lowest BCUT2D eigenvalue weighted by Gasteiger charge is -2.43. The Labute approximate surface area is 169 Å². The van der Waals surface area contributed by atoms with Gasteiger partial charge >= 0.3 is 5.97 Å². The van der Waals surface area contributed by atoms with Crippen molar-refractivity contribution in [2.75, 3.05) is 19.6 Å². The van der Waals surface area contributed by atoms with E-state index in [2.05, 4.69) is 9.97 Å². The van der Waals surface area contributed by atoms with Crippen molar-refractivity contribution in [2.45, 2.75) is 6.04 Å². The lowest BCUT2D eigenvalue weighted by molar-refractivity contribution is -0.131. The summed E-state index contributed by atoms with van der Waals surface area (Å²) in [4.78, 5) is 60.3. The zero-order valence-electron chi connectivity index (χ0n) is 15.7. The van der Waals surface area contributed by atoms with Crippen molar-refractivity contribution in [2.24, 2.45) is 0 Å². The van der Waals surface area contributed by atoms with Gasteiger partial charge in [-0.25, -0.2) is 4.79 Å². The van der Waals surface area contributed by atoms with Crippen LogP contribution < -0.4 is 0 Å². The predicted octanol–water partition coefficient (Wildman–Crippen LogP) is 1.48. The zero-order valence-corrected chi connectivity index (χ0v) is 15.7. The van der Waals surface area contributed by atoms with Gasteiger partial charge in [0.25, 0.3) is 17.6 Å². The second-order valence-electron chi connectivity index (χ2n) is 7.26. The predicted molar refractivity (Wildman–Crippen MR) is 104 cm³/mol.